The van der Waals surface area contributed by atoms with E-state index < -0.39 is 11.9 Å². The number of nitrogens with one attached hydrogen (secondary N) is 1. The molecule has 1 aliphatic rings. The first-order chi connectivity index (χ1) is 16.2. The van der Waals surface area contributed by atoms with Crippen molar-refractivity contribution in [3.8, 4) is 16.5 Å². The van der Waals surface area contributed by atoms with Gasteiger partial charge in [-0.15, -0.1) is 21.5 Å². The number of methoxy groups -OCH3 is 1. The molecule has 3 aromatic rings. The first-order valence-corrected chi connectivity index (χ1v) is 12.1. The van der Waals surface area contributed by atoms with Crippen LogP contribution in [0.1, 0.15) is 53.9 Å². The number of carbonyl (C=O) groups is 2. The van der Waals surface area contributed by atoms with Crippen LogP contribution in [0.4, 0.5) is 0 Å². The van der Waals surface area contributed by atoms with Crippen molar-refractivity contribution < 1.29 is 23.5 Å². The predicted molar refractivity (Wildman–Crippen MR) is 128 cm³/mol. The van der Waals surface area contributed by atoms with E-state index in [2.05, 4.69) is 42.4 Å². The second kappa shape index (κ2) is 9.97. The van der Waals surface area contributed by atoms with Gasteiger partial charge in [0.15, 0.2) is 6.61 Å². The summed E-state index contributed by atoms with van der Waals surface area (Å²) in [6.07, 6.45) is 3.33. The minimum atomic E-state index is -0.601. The van der Waals surface area contributed by atoms with Gasteiger partial charge in [0.25, 0.3) is 17.7 Å². The third-order valence-corrected chi connectivity index (χ3v) is 7.29. The van der Waals surface area contributed by atoms with Crippen molar-refractivity contribution in [3.63, 3.8) is 0 Å². The van der Waals surface area contributed by atoms with E-state index >= 15 is 0 Å². The average Bonchev–Trinajstić information content (AvgIpc) is 3.47. The number of rotatable bonds is 7. The van der Waals surface area contributed by atoms with Crippen LogP contribution >= 0.6 is 11.3 Å². The third-order valence-electron chi connectivity index (χ3n) is 6.07. The summed E-state index contributed by atoms with van der Waals surface area (Å²) in [5.74, 6) is 0.861. The van der Waals surface area contributed by atoms with Gasteiger partial charge in [-0.05, 0) is 60.4 Å². The van der Waals surface area contributed by atoms with Crippen molar-refractivity contribution in [1.29, 1.82) is 0 Å². The van der Waals surface area contributed by atoms with Crippen LogP contribution in [0, 0.1) is 11.3 Å². The fourth-order valence-corrected chi connectivity index (χ4v) is 5.12. The van der Waals surface area contributed by atoms with Gasteiger partial charge >= 0.3 is 5.97 Å². The highest BCUT2D eigenvalue weighted by Gasteiger charge is 2.30. The minimum absolute atomic E-state index is 0.155. The molecule has 1 aliphatic carbocycles. The number of ether oxygens (including phenoxy) is 2. The van der Waals surface area contributed by atoms with Gasteiger partial charge < -0.3 is 19.2 Å². The summed E-state index contributed by atoms with van der Waals surface area (Å²) >= 11 is 1.69. The second-order valence-corrected chi connectivity index (χ2v) is 10.6. The van der Waals surface area contributed by atoms with Crippen molar-refractivity contribution >= 4 is 23.2 Å². The number of aryl methyl sites for hydroxylation is 1. The first-order valence-electron chi connectivity index (χ1n) is 11.2. The standard InChI is InChI=1S/C25H29N3O5S/c1-25(2,3)17-8-9-19-16(10-17)12-20(34-19)24-28-27-21(33-24)14-32-22(29)13-26-23(30)15-6-5-7-18(11-15)31-4/h5-7,11-12,17H,8-10,13-14H2,1-4H3,(H,26,30). The largest absolute Gasteiger partial charge is 0.497 e. The average molecular weight is 484 g/mol. The smallest absolute Gasteiger partial charge is 0.325 e. The van der Waals surface area contributed by atoms with Crippen molar-refractivity contribution in [1.82, 2.24) is 15.5 Å². The Morgan fingerprint density at radius 3 is 2.82 bits per heavy atom. The molecule has 1 atom stereocenters. The van der Waals surface area contributed by atoms with E-state index in [-0.39, 0.29) is 24.5 Å². The van der Waals surface area contributed by atoms with Gasteiger partial charge in [-0.2, -0.15) is 0 Å². The molecule has 34 heavy (non-hydrogen) atoms. The molecule has 0 spiro atoms. The maximum absolute atomic E-state index is 12.2. The third kappa shape index (κ3) is 5.64. The molecule has 0 aliphatic heterocycles. The number of hydrogen-bond donors (Lipinski definition) is 1. The Morgan fingerprint density at radius 1 is 1.24 bits per heavy atom. The van der Waals surface area contributed by atoms with Crippen LogP contribution in [0.5, 0.6) is 5.75 Å². The van der Waals surface area contributed by atoms with E-state index in [0.29, 0.717) is 23.1 Å². The van der Waals surface area contributed by atoms with E-state index in [9.17, 15) is 9.59 Å². The van der Waals surface area contributed by atoms with Gasteiger partial charge in [-0.3, -0.25) is 9.59 Å². The highest BCUT2D eigenvalue weighted by Crippen LogP contribution is 2.42. The van der Waals surface area contributed by atoms with E-state index in [0.717, 1.165) is 17.7 Å². The van der Waals surface area contributed by atoms with E-state index in [1.807, 2.05) is 0 Å². The number of amides is 1. The summed E-state index contributed by atoms with van der Waals surface area (Å²) in [6.45, 7) is 6.46. The summed E-state index contributed by atoms with van der Waals surface area (Å²) in [6, 6.07) is 8.81. The molecule has 2 aromatic heterocycles. The number of hydrogen-bond acceptors (Lipinski definition) is 8. The summed E-state index contributed by atoms with van der Waals surface area (Å²) in [5.41, 5.74) is 2.04. The zero-order valence-corrected chi connectivity index (χ0v) is 20.7. The highest BCUT2D eigenvalue weighted by molar-refractivity contribution is 7.15. The Morgan fingerprint density at radius 2 is 2.06 bits per heavy atom. The molecule has 2 heterocycles. The summed E-state index contributed by atoms with van der Waals surface area (Å²) in [4.78, 5) is 26.6. The Bertz CT molecular complexity index is 1180. The van der Waals surface area contributed by atoms with Crippen molar-refractivity contribution in [3.05, 3.63) is 52.2 Å². The van der Waals surface area contributed by atoms with Crippen LogP contribution in [-0.2, 0) is 29.0 Å². The lowest BCUT2D eigenvalue weighted by Gasteiger charge is -2.33. The molecule has 1 aromatic carbocycles. The van der Waals surface area contributed by atoms with Gasteiger partial charge in [0.05, 0.1) is 12.0 Å². The monoisotopic (exact) mass is 483 g/mol. The molecule has 0 saturated carbocycles. The number of aromatic nitrogens is 2. The fraction of sp³-hybridized carbons (Fsp3) is 0.440. The number of benzene rings is 1. The van der Waals surface area contributed by atoms with E-state index in [4.69, 9.17) is 13.9 Å². The maximum atomic E-state index is 12.2. The van der Waals surface area contributed by atoms with E-state index in [1.54, 1.807) is 35.6 Å². The first kappa shape index (κ1) is 23.9. The van der Waals surface area contributed by atoms with Gasteiger partial charge in [-0.25, -0.2) is 0 Å². The van der Waals surface area contributed by atoms with Crippen molar-refractivity contribution in [2.45, 2.75) is 46.6 Å². The zero-order valence-electron chi connectivity index (χ0n) is 19.8. The van der Waals surface area contributed by atoms with Gasteiger partial charge in [0, 0.05) is 10.4 Å². The molecule has 180 valence electrons. The second-order valence-electron chi connectivity index (χ2n) is 9.44. The fourth-order valence-electron chi connectivity index (χ4n) is 3.99. The molecular weight excluding hydrogens is 454 g/mol. The molecule has 0 saturated heterocycles. The van der Waals surface area contributed by atoms with Crippen LogP contribution in [0.25, 0.3) is 10.8 Å². The number of thiophene rings is 1. The maximum Gasteiger partial charge on any atom is 0.325 e. The van der Waals surface area contributed by atoms with Crippen LogP contribution in [-0.4, -0.2) is 35.7 Å². The van der Waals surface area contributed by atoms with Crippen molar-refractivity contribution in [2.75, 3.05) is 13.7 Å². The molecule has 0 radical (unpaired) electrons. The lowest BCUT2D eigenvalue weighted by Crippen LogP contribution is -2.30. The van der Waals surface area contributed by atoms with Gasteiger partial charge in [-0.1, -0.05) is 26.8 Å². The number of carbonyl (C=O) groups excluding carboxylic acids is 2. The van der Waals surface area contributed by atoms with Crippen LogP contribution in [0.15, 0.2) is 34.7 Å². The molecule has 9 heteroatoms. The normalized spacial score (nSPS) is 15.5. The highest BCUT2D eigenvalue weighted by atomic mass is 32.1. The Hall–Kier alpha value is -3.20. The van der Waals surface area contributed by atoms with Crippen LogP contribution < -0.4 is 10.1 Å². The molecule has 1 unspecified atom stereocenters. The van der Waals surface area contributed by atoms with E-state index in [1.165, 1.54) is 24.0 Å². The Balaban J connectivity index is 1.29. The quantitative estimate of drug-likeness (QED) is 0.496. The van der Waals surface area contributed by atoms with Crippen molar-refractivity contribution in [2.24, 2.45) is 11.3 Å². The molecule has 1 N–H and O–H groups in total. The number of nitrogens with zero attached hydrogens (tertiary/aromatic N) is 2. The molecule has 1 amide bonds. The lowest BCUT2D eigenvalue weighted by molar-refractivity contribution is -0.144. The van der Waals surface area contributed by atoms with Gasteiger partial charge in [0.1, 0.15) is 12.3 Å². The molecule has 4 rings (SSSR count). The Labute approximate surface area is 202 Å². The van der Waals surface area contributed by atoms with Gasteiger partial charge in [0.2, 0.25) is 0 Å². The molecule has 0 fully saturated rings. The number of esters is 1. The molecule has 0 bridgehead atoms. The van der Waals surface area contributed by atoms with Crippen LogP contribution in [0.2, 0.25) is 0 Å². The topological polar surface area (TPSA) is 104 Å². The minimum Gasteiger partial charge on any atom is -0.497 e. The summed E-state index contributed by atoms with van der Waals surface area (Å²) in [7, 11) is 1.52. The summed E-state index contributed by atoms with van der Waals surface area (Å²) in [5, 5.41) is 10.7. The lowest BCUT2D eigenvalue weighted by atomic mass is 9.72. The number of fused-ring (bicyclic) bond motifs is 1. The molecule has 8 nitrogen and oxygen atoms in total. The molecular formula is C25H29N3O5S. The van der Waals surface area contributed by atoms with Crippen LogP contribution in [0.3, 0.4) is 0 Å². The predicted octanol–water partition coefficient (Wildman–Crippen LogP) is 4.43. The summed E-state index contributed by atoms with van der Waals surface area (Å²) < 4.78 is 16.0. The zero-order chi connectivity index (χ0) is 24.3. The Kier molecular flexibility index (Phi) is 7.02. The SMILES string of the molecule is COc1cccc(C(=O)NCC(=O)OCc2nnc(-c3cc4c(s3)CCC(C(C)(C)C)C4)o2)c1.